The van der Waals surface area contributed by atoms with E-state index in [9.17, 15) is 0 Å². The number of benzene rings is 9. The topological polar surface area (TPSA) is 13.0 Å². The van der Waals surface area contributed by atoms with Crippen LogP contribution >= 0.6 is 11.3 Å². The van der Waals surface area contributed by atoms with Gasteiger partial charge in [0.05, 0.1) is 16.8 Å². The van der Waals surface area contributed by atoms with Crippen molar-refractivity contribution in [3.8, 4) is 11.1 Å². The molecule has 4 aliphatic heterocycles. The maximum absolute atomic E-state index is 4.95. The minimum absolute atomic E-state index is 0.00822. The molecule has 4 atom stereocenters. The number of fused-ring (bicyclic) bond motifs is 16. The van der Waals surface area contributed by atoms with Crippen molar-refractivity contribution in [2.75, 3.05) is 19.6 Å². The average Bonchev–Trinajstić information content (AvgIpc) is 1.70. The fourth-order valence-electron chi connectivity index (χ4n) is 18.4. The molecular formula is C81H79BN4S. The van der Waals surface area contributed by atoms with E-state index in [2.05, 4.69) is 266 Å². The van der Waals surface area contributed by atoms with Crippen LogP contribution in [0.15, 0.2) is 176 Å². The number of anilines is 10. The van der Waals surface area contributed by atoms with Gasteiger partial charge in [-0.15, -0.1) is 11.3 Å². The van der Waals surface area contributed by atoms with Crippen LogP contribution in [-0.2, 0) is 21.7 Å². The third kappa shape index (κ3) is 7.08. The lowest BCUT2D eigenvalue weighted by Crippen LogP contribution is -2.61. The summed E-state index contributed by atoms with van der Waals surface area (Å²) >= 11 is 1.90. The molecule has 0 spiro atoms. The zero-order valence-electron chi connectivity index (χ0n) is 52.8. The molecule has 2 saturated carbocycles. The van der Waals surface area contributed by atoms with Gasteiger partial charge in [-0.3, -0.25) is 0 Å². The van der Waals surface area contributed by atoms with Crippen LogP contribution in [0.4, 0.5) is 56.9 Å². The van der Waals surface area contributed by atoms with Crippen LogP contribution in [0.1, 0.15) is 160 Å². The van der Waals surface area contributed by atoms with Gasteiger partial charge in [0.25, 0.3) is 6.71 Å². The molecule has 17 rings (SSSR count). The number of hydrogen-bond acceptors (Lipinski definition) is 5. The van der Waals surface area contributed by atoms with Gasteiger partial charge >= 0.3 is 0 Å². The fourth-order valence-corrected chi connectivity index (χ4v) is 19.5. The molecule has 7 aliphatic rings. The van der Waals surface area contributed by atoms with Crippen molar-refractivity contribution < 1.29 is 0 Å². The predicted octanol–water partition coefficient (Wildman–Crippen LogP) is 20.6. The lowest BCUT2D eigenvalue weighted by molar-refractivity contribution is 0.195. The first-order valence-electron chi connectivity index (χ1n) is 32.5. The lowest BCUT2D eigenvalue weighted by Gasteiger charge is -2.51. The highest BCUT2D eigenvalue weighted by Gasteiger charge is 2.60. The Labute approximate surface area is 520 Å². The molecule has 4 nitrogen and oxygen atoms in total. The fraction of sp³-hybridized carbons (Fsp3) is 0.309. The van der Waals surface area contributed by atoms with E-state index in [4.69, 9.17) is 6.58 Å². The third-order valence-corrected chi connectivity index (χ3v) is 24.5. The van der Waals surface area contributed by atoms with Gasteiger partial charge in [0, 0.05) is 87.8 Å². The summed E-state index contributed by atoms with van der Waals surface area (Å²) in [6, 6.07) is 67.6. The van der Waals surface area contributed by atoms with Crippen molar-refractivity contribution in [2.24, 2.45) is 0 Å². The van der Waals surface area contributed by atoms with Crippen LogP contribution in [0.3, 0.4) is 0 Å². The zero-order valence-corrected chi connectivity index (χ0v) is 53.6. The Morgan fingerprint density at radius 3 is 1.56 bits per heavy atom. The Morgan fingerprint density at radius 1 is 0.437 bits per heavy atom. The molecule has 6 heteroatoms. The normalized spacial score (nSPS) is 23.1. The second-order valence-corrected chi connectivity index (χ2v) is 31.2. The largest absolute Gasteiger partial charge is 0.334 e. The summed E-state index contributed by atoms with van der Waals surface area (Å²) in [5.74, 6) is 0. The van der Waals surface area contributed by atoms with Crippen molar-refractivity contribution in [1.82, 2.24) is 0 Å². The van der Waals surface area contributed by atoms with Crippen molar-refractivity contribution in [1.29, 1.82) is 0 Å². The summed E-state index contributed by atoms with van der Waals surface area (Å²) in [4.78, 5) is 11.0. The molecule has 10 aromatic rings. The van der Waals surface area contributed by atoms with E-state index >= 15 is 0 Å². The predicted molar refractivity (Wildman–Crippen MR) is 375 cm³/mol. The second kappa shape index (κ2) is 17.9. The first-order chi connectivity index (χ1) is 41.7. The summed E-state index contributed by atoms with van der Waals surface area (Å²) in [6.45, 7) is 31.8. The smallest absolute Gasteiger partial charge is 0.252 e. The molecule has 432 valence electrons. The number of hydrogen-bond donors (Lipinski definition) is 0. The molecule has 2 fully saturated rings. The van der Waals surface area contributed by atoms with E-state index in [1.807, 2.05) is 11.3 Å². The van der Waals surface area contributed by atoms with Crippen molar-refractivity contribution in [2.45, 2.75) is 160 Å². The number of rotatable bonds is 4. The summed E-state index contributed by atoms with van der Waals surface area (Å²) in [6.07, 6.45) is 9.59. The van der Waals surface area contributed by atoms with Crippen LogP contribution in [0.5, 0.6) is 0 Å². The Hall–Kier alpha value is -7.80. The summed E-state index contributed by atoms with van der Waals surface area (Å²) in [5, 5.41) is 2.62. The monoisotopic (exact) mass is 1150 g/mol. The minimum atomic E-state index is -0.125. The molecule has 0 radical (unpaired) electrons. The summed E-state index contributed by atoms with van der Waals surface area (Å²) in [7, 11) is 0. The van der Waals surface area contributed by atoms with Crippen LogP contribution in [0.25, 0.3) is 36.9 Å². The van der Waals surface area contributed by atoms with Gasteiger partial charge < -0.3 is 19.6 Å². The minimum Gasteiger partial charge on any atom is -0.334 e. The highest BCUT2D eigenvalue weighted by molar-refractivity contribution is 7.25. The van der Waals surface area contributed by atoms with Crippen LogP contribution in [0.2, 0.25) is 0 Å². The van der Waals surface area contributed by atoms with Crippen molar-refractivity contribution in [3.63, 3.8) is 0 Å². The molecular weight excluding hydrogens is 1070 g/mol. The highest BCUT2D eigenvalue weighted by Crippen LogP contribution is 2.64. The SMILES string of the molecule is C=C1c2ccccc2-c2cccc(N3c4cc(N5c6ccc(C(C)(C)C)cc6C6(C)CCCCC56C)ccc4B4c5ccc(N6c7ccc(C(C)(C)C)cc7C7(C)CCCCC67C)cc5N(c5ccc6sc7ccccc7c6c5)c5cc(C)cc3c54)c21. The highest BCUT2D eigenvalue weighted by atomic mass is 32.1. The molecule has 0 N–H and O–H groups in total. The van der Waals surface area contributed by atoms with E-state index in [0.717, 1.165) is 18.4 Å². The first-order valence-corrected chi connectivity index (χ1v) is 33.3. The molecule has 0 saturated heterocycles. The summed E-state index contributed by atoms with van der Waals surface area (Å²) < 4.78 is 2.64. The number of nitrogens with zero attached hydrogens (tertiary/aromatic N) is 4. The summed E-state index contributed by atoms with van der Waals surface area (Å²) in [5.41, 5.74) is 29.5. The van der Waals surface area contributed by atoms with Crippen molar-refractivity contribution in [3.05, 3.63) is 215 Å². The Balaban J connectivity index is 0.940. The Morgan fingerprint density at radius 2 is 0.954 bits per heavy atom. The van der Waals surface area contributed by atoms with Gasteiger partial charge in [-0.1, -0.05) is 179 Å². The molecule has 9 aromatic carbocycles. The maximum atomic E-state index is 4.95. The second-order valence-electron chi connectivity index (χ2n) is 30.1. The Kier molecular flexibility index (Phi) is 11.0. The van der Waals surface area contributed by atoms with E-state index in [1.54, 1.807) is 0 Å². The molecule has 3 aliphatic carbocycles. The first kappa shape index (κ1) is 53.4. The molecule has 4 unspecified atom stereocenters. The van der Waals surface area contributed by atoms with Gasteiger partial charge in [-0.25, -0.2) is 0 Å². The molecule has 87 heavy (non-hydrogen) atoms. The molecule has 0 bridgehead atoms. The van der Waals surface area contributed by atoms with E-state index in [0.29, 0.717) is 0 Å². The standard InChI is InChI=1S/C81H79BN4S/c1-49-42-70-75-71(43-49)84(67-26-21-25-59-57-23-14-13-22-56(57)50(2)74(59)67)69-48-55(86-66-36-29-52(77(6,7)8)45-62(66)79(10)39-18-20-41-81(79,86)12)31-34-64(69)82(75)63-33-30-54(47-68(63)83(70)53-32-37-73-60(46-53)58-24-15-16-27-72(58)87-73)85-65-35-28-51(76(3,4)5)44-61(65)78(9)38-17-19-40-80(78,85)11/h13-16,21-37,42-48H,2,17-20,38-41H2,1,3-12H3. The molecule has 0 amide bonds. The van der Waals surface area contributed by atoms with Gasteiger partial charge in [-0.05, 0) is 203 Å². The van der Waals surface area contributed by atoms with E-state index in [1.165, 1.54) is 182 Å². The number of aryl methyl sites for hydroxylation is 1. The average molecular weight is 1150 g/mol. The van der Waals surface area contributed by atoms with Gasteiger partial charge in [0.2, 0.25) is 0 Å². The number of thiophene rings is 1. The molecule has 5 heterocycles. The van der Waals surface area contributed by atoms with Gasteiger partial charge in [0.15, 0.2) is 0 Å². The van der Waals surface area contributed by atoms with Gasteiger partial charge in [0.1, 0.15) is 0 Å². The van der Waals surface area contributed by atoms with Crippen molar-refractivity contribution >= 4 is 117 Å². The Bertz CT molecular complexity index is 4670. The van der Waals surface area contributed by atoms with Crippen LogP contribution < -0.4 is 36.0 Å². The lowest BCUT2D eigenvalue weighted by atomic mass is 9.33. The zero-order chi connectivity index (χ0) is 59.6. The van der Waals surface area contributed by atoms with E-state index < -0.39 is 0 Å². The maximum Gasteiger partial charge on any atom is 0.252 e. The third-order valence-electron chi connectivity index (χ3n) is 23.4. The van der Waals surface area contributed by atoms with Gasteiger partial charge in [-0.2, -0.15) is 0 Å². The quantitative estimate of drug-likeness (QED) is 0.163. The van der Waals surface area contributed by atoms with Crippen LogP contribution in [-0.4, -0.2) is 17.8 Å². The van der Waals surface area contributed by atoms with E-state index in [-0.39, 0.29) is 39.5 Å². The van der Waals surface area contributed by atoms with Crippen LogP contribution in [0, 0.1) is 6.92 Å². The molecule has 1 aromatic heterocycles.